The minimum Gasteiger partial charge on any atom is -0.396 e. The summed E-state index contributed by atoms with van der Waals surface area (Å²) in [5.41, 5.74) is 0. The molecule has 0 radical (unpaired) electrons. The number of hydrogen-bond acceptors (Lipinski definition) is 3. The molecule has 0 bridgehead atoms. The van der Waals surface area contributed by atoms with Gasteiger partial charge in [-0.1, -0.05) is 0 Å². The molecular formula is C10H14FNO3S. The minimum atomic E-state index is -3.57. The first kappa shape index (κ1) is 13.1. The van der Waals surface area contributed by atoms with E-state index in [1.54, 1.807) is 0 Å². The van der Waals surface area contributed by atoms with Crippen molar-refractivity contribution in [3.05, 3.63) is 30.1 Å². The maximum Gasteiger partial charge on any atom is 0.242 e. The number of nitrogens with zero attached hydrogens (tertiary/aromatic N) is 1. The standard InChI is InChI=1S/C10H14FNO3S/c1-12(7-2-8-13)16(14,15)10-5-3-9(11)4-6-10/h3-6,13H,2,7-8H2,1H3. The number of sulfonamides is 1. The van der Waals surface area contributed by atoms with Gasteiger partial charge in [0.25, 0.3) is 0 Å². The molecule has 1 rings (SSSR count). The van der Waals surface area contributed by atoms with Crippen LogP contribution in [0.3, 0.4) is 0 Å². The maximum absolute atomic E-state index is 12.6. The molecule has 0 aliphatic rings. The molecule has 0 aromatic heterocycles. The summed E-state index contributed by atoms with van der Waals surface area (Å²) < 4.78 is 37.5. The van der Waals surface area contributed by atoms with Gasteiger partial charge in [-0.25, -0.2) is 17.1 Å². The lowest BCUT2D eigenvalue weighted by atomic mass is 10.4. The number of aliphatic hydroxyl groups excluding tert-OH is 1. The molecule has 0 amide bonds. The smallest absolute Gasteiger partial charge is 0.242 e. The molecule has 1 aromatic rings. The number of aliphatic hydroxyl groups is 1. The van der Waals surface area contributed by atoms with Crippen LogP contribution >= 0.6 is 0 Å². The predicted molar refractivity (Wildman–Crippen MR) is 57.9 cm³/mol. The summed E-state index contributed by atoms with van der Waals surface area (Å²) in [6.45, 7) is 0.166. The summed E-state index contributed by atoms with van der Waals surface area (Å²) in [4.78, 5) is 0.0503. The van der Waals surface area contributed by atoms with Gasteiger partial charge in [-0.2, -0.15) is 0 Å². The maximum atomic E-state index is 12.6. The fourth-order valence-electron chi connectivity index (χ4n) is 1.20. The molecule has 0 heterocycles. The lowest BCUT2D eigenvalue weighted by Crippen LogP contribution is -2.28. The zero-order chi connectivity index (χ0) is 12.2. The highest BCUT2D eigenvalue weighted by molar-refractivity contribution is 7.89. The van der Waals surface area contributed by atoms with Crippen molar-refractivity contribution in [1.82, 2.24) is 4.31 Å². The quantitative estimate of drug-likeness (QED) is 0.838. The van der Waals surface area contributed by atoms with Gasteiger partial charge in [-0.3, -0.25) is 0 Å². The molecule has 0 aliphatic heterocycles. The zero-order valence-electron chi connectivity index (χ0n) is 8.93. The number of halogens is 1. The molecule has 16 heavy (non-hydrogen) atoms. The van der Waals surface area contributed by atoms with Crippen LogP contribution in [0, 0.1) is 5.82 Å². The van der Waals surface area contributed by atoms with E-state index >= 15 is 0 Å². The van der Waals surface area contributed by atoms with Crippen LogP contribution in [0.5, 0.6) is 0 Å². The Balaban J connectivity index is 2.89. The third-order valence-electron chi connectivity index (χ3n) is 2.15. The van der Waals surface area contributed by atoms with Gasteiger partial charge in [-0.05, 0) is 30.7 Å². The third-order valence-corrected chi connectivity index (χ3v) is 4.02. The van der Waals surface area contributed by atoms with Crippen molar-refractivity contribution in [3.63, 3.8) is 0 Å². The van der Waals surface area contributed by atoms with Crippen molar-refractivity contribution in [1.29, 1.82) is 0 Å². The summed E-state index contributed by atoms with van der Waals surface area (Å²) in [6, 6.07) is 4.65. The summed E-state index contributed by atoms with van der Waals surface area (Å²) in [5, 5.41) is 8.62. The highest BCUT2D eigenvalue weighted by atomic mass is 32.2. The van der Waals surface area contributed by atoms with Gasteiger partial charge >= 0.3 is 0 Å². The Hall–Kier alpha value is -0.980. The number of hydrogen-bond donors (Lipinski definition) is 1. The lowest BCUT2D eigenvalue weighted by Gasteiger charge is -2.16. The largest absolute Gasteiger partial charge is 0.396 e. The third kappa shape index (κ3) is 3.01. The van der Waals surface area contributed by atoms with E-state index in [1.165, 1.54) is 19.2 Å². The van der Waals surface area contributed by atoms with Crippen LogP contribution in [0.1, 0.15) is 6.42 Å². The molecule has 0 saturated heterocycles. The van der Waals surface area contributed by atoms with E-state index in [0.717, 1.165) is 16.4 Å². The van der Waals surface area contributed by atoms with E-state index in [1.807, 2.05) is 0 Å². The molecule has 0 unspecified atom stereocenters. The van der Waals surface area contributed by atoms with Crippen molar-refractivity contribution in [3.8, 4) is 0 Å². The normalized spacial score (nSPS) is 12.0. The van der Waals surface area contributed by atoms with Gasteiger partial charge in [0.15, 0.2) is 0 Å². The molecule has 0 saturated carbocycles. The second-order valence-electron chi connectivity index (χ2n) is 3.36. The van der Waals surface area contributed by atoms with Gasteiger partial charge in [-0.15, -0.1) is 0 Å². The van der Waals surface area contributed by atoms with Crippen LogP contribution in [0.25, 0.3) is 0 Å². The molecule has 6 heteroatoms. The lowest BCUT2D eigenvalue weighted by molar-refractivity contribution is 0.275. The first-order valence-corrected chi connectivity index (χ1v) is 6.25. The van der Waals surface area contributed by atoms with Crippen LogP contribution in [-0.4, -0.2) is 38.0 Å². The summed E-state index contributed by atoms with van der Waals surface area (Å²) in [6.07, 6.45) is 0.372. The molecule has 0 aliphatic carbocycles. The average molecular weight is 247 g/mol. The molecule has 1 N–H and O–H groups in total. The molecule has 90 valence electrons. The van der Waals surface area contributed by atoms with E-state index in [2.05, 4.69) is 0 Å². The second kappa shape index (κ2) is 5.38. The molecule has 0 fully saturated rings. The Kier molecular flexibility index (Phi) is 4.40. The van der Waals surface area contributed by atoms with Crippen molar-refractivity contribution in [2.75, 3.05) is 20.2 Å². The van der Waals surface area contributed by atoms with E-state index in [-0.39, 0.29) is 18.0 Å². The van der Waals surface area contributed by atoms with Crippen LogP contribution in [0.4, 0.5) is 4.39 Å². The first-order chi connectivity index (χ1) is 7.48. The fraction of sp³-hybridized carbons (Fsp3) is 0.400. The molecule has 4 nitrogen and oxygen atoms in total. The van der Waals surface area contributed by atoms with Gasteiger partial charge < -0.3 is 5.11 Å². The highest BCUT2D eigenvalue weighted by Gasteiger charge is 2.19. The van der Waals surface area contributed by atoms with Crippen LogP contribution in [0.2, 0.25) is 0 Å². The average Bonchev–Trinajstić information content (AvgIpc) is 2.26. The molecule has 0 spiro atoms. The molecule has 0 atom stereocenters. The number of rotatable bonds is 5. The van der Waals surface area contributed by atoms with Gasteiger partial charge in [0.1, 0.15) is 5.82 Å². The highest BCUT2D eigenvalue weighted by Crippen LogP contribution is 2.14. The fourth-order valence-corrected chi connectivity index (χ4v) is 2.41. The predicted octanol–water partition coefficient (Wildman–Crippen LogP) is 0.829. The SMILES string of the molecule is CN(CCCO)S(=O)(=O)c1ccc(F)cc1. The Bertz CT molecular complexity index is 430. The van der Waals surface area contributed by atoms with Crippen molar-refractivity contribution in [2.24, 2.45) is 0 Å². The van der Waals surface area contributed by atoms with Gasteiger partial charge in [0, 0.05) is 20.2 Å². The topological polar surface area (TPSA) is 57.6 Å². The van der Waals surface area contributed by atoms with E-state index in [4.69, 9.17) is 5.11 Å². The van der Waals surface area contributed by atoms with Gasteiger partial charge in [0.2, 0.25) is 10.0 Å². The molecule has 1 aromatic carbocycles. The van der Waals surface area contributed by atoms with E-state index < -0.39 is 15.8 Å². The summed E-state index contributed by atoms with van der Waals surface area (Å²) in [7, 11) is -2.15. The Morgan fingerprint density at radius 1 is 1.31 bits per heavy atom. The van der Waals surface area contributed by atoms with Gasteiger partial charge in [0.05, 0.1) is 4.90 Å². The van der Waals surface area contributed by atoms with Crippen molar-refractivity contribution < 1.29 is 17.9 Å². The van der Waals surface area contributed by atoms with Crippen LogP contribution in [0.15, 0.2) is 29.2 Å². The minimum absolute atomic E-state index is 0.0503. The summed E-state index contributed by atoms with van der Waals surface area (Å²) >= 11 is 0. The van der Waals surface area contributed by atoms with Crippen molar-refractivity contribution in [2.45, 2.75) is 11.3 Å². The van der Waals surface area contributed by atoms with Crippen molar-refractivity contribution >= 4 is 10.0 Å². The van der Waals surface area contributed by atoms with Crippen LogP contribution < -0.4 is 0 Å². The Morgan fingerprint density at radius 2 is 1.88 bits per heavy atom. The van der Waals surface area contributed by atoms with E-state index in [9.17, 15) is 12.8 Å². The van der Waals surface area contributed by atoms with E-state index in [0.29, 0.717) is 6.42 Å². The Labute approximate surface area is 94.4 Å². The number of benzene rings is 1. The molecular weight excluding hydrogens is 233 g/mol. The first-order valence-electron chi connectivity index (χ1n) is 4.81. The zero-order valence-corrected chi connectivity index (χ0v) is 9.74. The second-order valence-corrected chi connectivity index (χ2v) is 5.40. The monoisotopic (exact) mass is 247 g/mol. The Morgan fingerprint density at radius 3 is 2.38 bits per heavy atom. The summed E-state index contributed by atoms with van der Waals surface area (Å²) in [5.74, 6) is -0.475. The van der Waals surface area contributed by atoms with Crippen LogP contribution in [-0.2, 0) is 10.0 Å².